The van der Waals surface area contributed by atoms with E-state index >= 15 is 0 Å². The minimum atomic E-state index is -0.0917. The van der Waals surface area contributed by atoms with Gasteiger partial charge in [0, 0.05) is 18.5 Å². The zero-order valence-corrected chi connectivity index (χ0v) is 13.2. The molecule has 0 spiro atoms. The molecule has 1 unspecified atom stereocenters. The molecule has 0 N–H and O–H groups in total. The molecule has 0 bridgehead atoms. The normalized spacial score (nSPS) is 19.0. The summed E-state index contributed by atoms with van der Waals surface area (Å²) in [5.74, 6) is 1.82. The Morgan fingerprint density at radius 2 is 2.27 bits per heavy atom. The van der Waals surface area contributed by atoms with Crippen LogP contribution in [0.1, 0.15) is 16.8 Å². The van der Waals surface area contributed by atoms with E-state index < -0.39 is 0 Å². The van der Waals surface area contributed by atoms with E-state index in [1.54, 1.807) is 24.0 Å². The number of aryl methyl sites for hydroxylation is 2. The lowest BCUT2D eigenvalue weighted by atomic mass is 10.2. The van der Waals surface area contributed by atoms with Gasteiger partial charge in [0.2, 0.25) is 0 Å². The van der Waals surface area contributed by atoms with E-state index in [4.69, 9.17) is 4.74 Å². The number of thiophene rings is 1. The van der Waals surface area contributed by atoms with E-state index in [-0.39, 0.29) is 6.10 Å². The van der Waals surface area contributed by atoms with Crippen LogP contribution < -0.4 is 4.90 Å². The Labute approximate surface area is 131 Å². The maximum Gasteiger partial charge on any atom is 0.163 e. The van der Waals surface area contributed by atoms with E-state index in [0.29, 0.717) is 13.2 Å². The first-order valence-corrected chi connectivity index (χ1v) is 7.95. The average Bonchev–Trinajstić information content (AvgIpc) is 3.11. The first kappa shape index (κ1) is 13.6. The van der Waals surface area contributed by atoms with Crippen molar-refractivity contribution in [3.8, 4) is 0 Å². The molecule has 0 aliphatic carbocycles. The van der Waals surface area contributed by atoms with E-state index in [1.165, 1.54) is 4.88 Å². The molecule has 1 saturated heterocycles. The third-order valence-corrected chi connectivity index (χ3v) is 4.79. The molecule has 1 fully saturated rings. The standard InChI is InChI=1S/C14H16N6OS/c1-9-5-10-12(15-7-16-14(10)22-9)20-3-4-21-11(6-20)13-18-17-8-19(13)2/h5,7-8,11H,3-4,6H2,1-2H3. The number of aromatic nitrogens is 5. The maximum absolute atomic E-state index is 5.87. The molecular weight excluding hydrogens is 300 g/mol. The summed E-state index contributed by atoms with van der Waals surface area (Å²) in [5.41, 5.74) is 0. The molecule has 22 heavy (non-hydrogen) atoms. The lowest BCUT2D eigenvalue weighted by Crippen LogP contribution is -2.39. The van der Waals surface area contributed by atoms with Crippen molar-refractivity contribution >= 4 is 27.4 Å². The number of hydrogen-bond donors (Lipinski definition) is 0. The Bertz CT molecular complexity index is 813. The van der Waals surface area contributed by atoms with Crippen LogP contribution in [0.3, 0.4) is 0 Å². The van der Waals surface area contributed by atoms with Crippen molar-refractivity contribution < 1.29 is 4.74 Å². The van der Waals surface area contributed by atoms with Gasteiger partial charge in [0.25, 0.3) is 0 Å². The number of anilines is 1. The van der Waals surface area contributed by atoms with Crippen molar-refractivity contribution in [3.05, 3.63) is 29.4 Å². The molecule has 4 rings (SSSR count). The quantitative estimate of drug-likeness (QED) is 0.717. The van der Waals surface area contributed by atoms with Gasteiger partial charge in [-0.3, -0.25) is 0 Å². The zero-order valence-electron chi connectivity index (χ0n) is 12.4. The van der Waals surface area contributed by atoms with Gasteiger partial charge in [0.15, 0.2) is 5.82 Å². The molecule has 3 aromatic heterocycles. The summed E-state index contributed by atoms with van der Waals surface area (Å²) in [7, 11) is 1.93. The Morgan fingerprint density at radius 3 is 3.09 bits per heavy atom. The maximum atomic E-state index is 5.87. The van der Waals surface area contributed by atoms with Crippen LogP contribution in [-0.2, 0) is 11.8 Å². The highest BCUT2D eigenvalue weighted by molar-refractivity contribution is 7.18. The van der Waals surface area contributed by atoms with Crippen molar-refractivity contribution in [2.24, 2.45) is 7.05 Å². The molecule has 7 nitrogen and oxygen atoms in total. The Morgan fingerprint density at radius 1 is 1.36 bits per heavy atom. The van der Waals surface area contributed by atoms with Crippen LogP contribution in [0, 0.1) is 6.92 Å². The molecule has 114 valence electrons. The van der Waals surface area contributed by atoms with Crippen LogP contribution in [0.5, 0.6) is 0 Å². The molecule has 0 aromatic carbocycles. The SMILES string of the molecule is Cc1cc2c(N3CCOC(c4nncn4C)C3)ncnc2s1. The minimum Gasteiger partial charge on any atom is -0.366 e. The third kappa shape index (κ3) is 2.24. The highest BCUT2D eigenvalue weighted by Crippen LogP contribution is 2.32. The van der Waals surface area contributed by atoms with Gasteiger partial charge in [0.05, 0.1) is 18.5 Å². The summed E-state index contributed by atoms with van der Waals surface area (Å²) in [6.07, 6.45) is 3.24. The van der Waals surface area contributed by atoms with Gasteiger partial charge < -0.3 is 14.2 Å². The molecule has 0 radical (unpaired) electrons. The number of fused-ring (bicyclic) bond motifs is 1. The number of morpholine rings is 1. The van der Waals surface area contributed by atoms with E-state index in [2.05, 4.69) is 38.1 Å². The first-order chi connectivity index (χ1) is 10.7. The molecule has 3 aromatic rings. The Balaban J connectivity index is 1.68. The molecule has 1 aliphatic rings. The van der Waals surface area contributed by atoms with E-state index in [1.807, 2.05) is 11.6 Å². The number of rotatable bonds is 2. The largest absolute Gasteiger partial charge is 0.366 e. The average molecular weight is 316 g/mol. The topological polar surface area (TPSA) is 69.0 Å². The molecule has 0 amide bonds. The summed E-state index contributed by atoms with van der Waals surface area (Å²) in [6, 6.07) is 2.15. The number of nitrogens with zero attached hydrogens (tertiary/aromatic N) is 6. The van der Waals surface area contributed by atoms with Crippen molar-refractivity contribution in [2.45, 2.75) is 13.0 Å². The van der Waals surface area contributed by atoms with Crippen molar-refractivity contribution in [1.29, 1.82) is 0 Å². The molecule has 1 atom stereocenters. The van der Waals surface area contributed by atoms with Gasteiger partial charge in [-0.05, 0) is 13.0 Å². The minimum absolute atomic E-state index is 0.0917. The van der Waals surface area contributed by atoms with Gasteiger partial charge in [-0.15, -0.1) is 21.5 Å². The lowest BCUT2D eigenvalue weighted by Gasteiger charge is -2.33. The fraction of sp³-hybridized carbons (Fsp3) is 0.429. The lowest BCUT2D eigenvalue weighted by molar-refractivity contribution is 0.0319. The predicted octanol–water partition coefficient (Wildman–Crippen LogP) is 1.71. The summed E-state index contributed by atoms with van der Waals surface area (Å²) in [4.78, 5) is 13.4. The summed E-state index contributed by atoms with van der Waals surface area (Å²) >= 11 is 1.70. The highest BCUT2D eigenvalue weighted by atomic mass is 32.1. The molecule has 1 aliphatic heterocycles. The van der Waals surface area contributed by atoms with Crippen molar-refractivity contribution in [2.75, 3.05) is 24.6 Å². The second-order valence-corrected chi connectivity index (χ2v) is 6.61. The summed E-state index contributed by atoms with van der Waals surface area (Å²) < 4.78 is 7.77. The third-order valence-electron chi connectivity index (χ3n) is 3.83. The van der Waals surface area contributed by atoms with Crippen LogP contribution >= 0.6 is 11.3 Å². The summed E-state index contributed by atoms with van der Waals surface area (Å²) in [5, 5.41) is 9.22. The van der Waals surface area contributed by atoms with Crippen LogP contribution in [-0.4, -0.2) is 44.4 Å². The second-order valence-electron chi connectivity index (χ2n) is 5.38. The van der Waals surface area contributed by atoms with E-state index in [9.17, 15) is 0 Å². The Kier molecular flexibility index (Phi) is 3.27. The molecule has 0 saturated carbocycles. The van der Waals surface area contributed by atoms with Gasteiger partial charge >= 0.3 is 0 Å². The zero-order chi connectivity index (χ0) is 15.1. The number of ether oxygens (including phenoxy) is 1. The second kappa shape index (κ2) is 5.29. The highest BCUT2D eigenvalue weighted by Gasteiger charge is 2.27. The first-order valence-electron chi connectivity index (χ1n) is 7.14. The van der Waals surface area contributed by atoms with Crippen molar-refractivity contribution in [3.63, 3.8) is 0 Å². The molecule has 8 heteroatoms. The number of hydrogen-bond acceptors (Lipinski definition) is 7. The smallest absolute Gasteiger partial charge is 0.163 e. The van der Waals surface area contributed by atoms with Gasteiger partial charge in [-0.2, -0.15) is 0 Å². The predicted molar refractivity (Wildman–Crippen MR) is 84.1 cm³/mol. The molecular formula is C14H16N6OS. The van der Waals surface area contributed by atoms with Crippen LogP contribution in [0.4, 0.5) is 5.82 Å². The fourth-order valence-electron chi connectivity index (χ4n) is 2.80. The van der Waals surface area contributed by atoms with Crippen LogP contribution in [0.25, 0.3) is 10.2 Å². The van der Waals surface area contributed by atoms with Crippen LogP contribution in [0.2, 0.25) is 0 Å². The fourth-order valence-corrected chi connectivity index (χ4v) is 3.64. The van der Waals surface area contributed by atoms with E-state index in [0.717, 1.165) is 28.4 Å². The summed E-state index contributed by atoms with van der Waals surface area (Å²) in [6.45, 7) is 4.27. The van der Waals surface area contributed by atoms with Gasteiger partial charge in [-0.1, -0.05) is 0 Å². The van der Waals surface area contributed by atoms with Gasteiger partial charge in [0.1, 0.15) is 29.4 Å². The van der Waals surface area contributed by atoms with Gasteiger partial charge in [-0.25, -0.2) is 9.97 Å². The van der Waals surface area contributed by atoms with Crippen molar-refractivity contribution in [1.82, 2.24) is 24.7 Å². The Hall–Kier alpha value is -2.06. The molecule has 4 heterocycles. The van der Waals surface area contributed by atoms with Crippen LogP contribution in [0.15, 0.2) is 18.7 Å². The monoisotopic (exact) mass is 316 g/mol.